The minimum absolute atomic E-state index is 0.120. The molecule has 0 bridgehead atoms. The van der Waals surface area contributed by atoms with E-state index in [0.29, 0.717) is 23.7 Å². The van der Waals surface area contributed by atoms with Gasteiger partial charge in [-0.25, -0.2) is 0 Å². The Morgan fingerprint density at radius 3 is 2.94 bits per heavy atom. The Morgan fingerprint density at radius 2 is 2.09 bits per heavy atom. The van der Waals surface area contributed by atoms with Gasteiger partial charge in [0, 0.05) is 24.0 Å². The van der Waals surface area contributed by atoms with E-state index in [1.807, 2.05) is 35.0 Å². The van der Waals surface area contributed by atoms with Crippen molar-refractivity contribution in [2.75, 3.05) is 6.54 Å². The largest absolute Gasteiger partial charge is 0.352 e. The molecule has 1 amide bonds. The van der Waals surface area contributed by atoms with Gasteiger partial charge in [0.1, 0.15) is 5.82 Å². The third-order valence-corrected chi connectivity index (χ3v) is 7.02. The Balaban J connectivity index is 1.29. The van der Waals surface area contributed by atoms with E-state index < -0.39 is 0 Å². The number of thiophene rings is 1. The van der Waals surface area contributed by atoms with Gasteiger partial charge >= 0.3 is 0 Å². The molecule has 3 aromatic heterocycles. The number of amides is 1. The number of fused-ring (bicyclic) bond motifs is 2. The molecule has 4 heterocycles. The average Bonchev–Trinajstić information content (AvgIpc) is 3.46. The summed E-state index contributed by atoms with van der Waals surface area (Å²) in [6.45, 7) is 4.74. The topological polar surface area (TPSA) is 71.7 Å². The van der Waals surface area contributed by atoms with Crippen molar-refractivity contribution in [2.24, 2.45) is 10.9 Å². The lowest BCUT2D eigenvalue weighted by atomic mass is 9.95. The number of aryl methyl sites for hydroxylation is 2. The van der Waals surface area contributed by atoms with E-state index >= 15 is 0 Å². The number of carbonyl (C=O) groups is 1. The van der Waals surface area contributed by atoms with Crippen LogP contribution in [0.1, 0.15) is 47.9 Å². The molecule has 0 aliphatic carbocycles. The number of rotatable bonds is 6. The summed E-state index contributed by atoms with van der Waals surface area (Å²) in [5, 5.41) is 15.6. The molecule has 0 saturated carbocycles. The van der Waals surface area contributed by atoms with Crippen LogP contribution in [0.5, 0.6) is 0 Å². The van der Waals surface area contributed by atoms with Crippen molar-refractivity contribution >= 4 is 34.3 Å². The average molecular weight is 458 g/mol. The van der Waals surface area contributed by atoms with E-state index in [0.717, 1.165) is 48.3 Å². The van der Waals surface area contributed by atoms with Gasteiger partial charge in [-0.1, -0.05) is 25.1 Å². The highest BCUT2D eigenvalue weighted by molar-refractivity contribution is 7.08. The highest BCUT2D eigenvalue weighted by Crippen LogP contribution is 2.28. The molecule has 1 aliphatic rings. The van der Waals surface area contributed by atoms with Crippen molar-refractivity contribution in [3.05, 3.63) is 70.3 Å². The quantitative estimate of drug-likeness (QED) is 0.381. The summed E-state index contributed by atoms with van der Waals surface area (Å²) < 4.78 is 1.89. The van der Waals surface area contributed by atoms with Crippen LogP contribution in [-0.4, -0.2) is 32.8 Å². The van der Waals surface area contributed by atoms with E-state index in [9.17, 15) is 4.79 Å². The molecule has 4 aromatic rings. The molecule has 1 N–H and O–H groups in total. The molecule has 168 valence electrons. The summed E-state index contributed by atoms with van der Waals surface area (Å²) in [6.07, 6.45) is 5.90. The molecule has 1 atom stereocenters. The number of nitrogens with one attached hydrogen (secondary N) is 1. The van der Waals surface area contributed by atoms with Gasteiger partial charge in [-0.2, -0.15) is 11.3 Å². The van der Waals surface area contributed by atoms with Crippen LogP contribution >= 0.6 is 11.3 Å². The predicted molar refractivity (Wildman–Crippen MR) is 134 cm³/mol. The third-order valence-electron chi connectivity index (χ3n) is 6.34. The SMILES string of the molecule is Cc1nnc2c(C(=O)NCCCC3=Nc4ccccc4CCC3C)cc(-c3ccsc3)cn12. The van der Waals surface area contributed by atoms with Crippen LogP contribution in [0.4, 0.5) is 5.69 Å². The maximum absolute atomic E-state index is 13.1. The van der Waals surface area contributed by atoms with Crippen LogP contribution in [0.25, 0.3) is 16.8 Å². The Hall–Kier alpha value is -3.32. The number of carbonyl (C=O) groups excluding carboxylic acids is 1. The van der Waals surface area contributed by atoms with E-state index in [4.69, 9.17) is 4.99 Å². The summed E-state index contributed by atoms with van der Waals surface area (Å²) in [7, 11) is 0. The smallest absolute Gasteiger partial charge is 0.255 e. The fraction of sp³-hybridized carbons (Fsp3) is 0.308. The minimum atomic E-state index is -0.120. The number of benzene rings is 1. The molecule has 0 saturated heterocycles. The van der Waals surface area contributed by atoms with E-state index in [1.54, 1.807) is 11.3 Å². The lowest BCUT2D eigenvalue weighted by Crippen LogP contribution is -2.26. The highest BCUT2D eigenvalue weighted by Gasteiger charge is 2.18. The molecule has 5 rings (SSSR count). The fourth-order valence-electron chi connectivity index (χ4n) is 4.36. The molecule has 1 aromatic carbocycles. The van der Waals surface area contributed by atoms with Crippen LogP contribution in [0.3, 0.4) is 0 Å². The summed E-state index contributed by atoms with van der Waals surface area (Å²) in [4.78, 5) is 18.1. The maximum atomic E-state index is 13.1. The minimum Gasteiger partial charge on any atom is -0.352 e. The van der Waals surface area contributed by atoms with Crippen molar-refractivity contribution in [3.63, 3.8) is 0 Å². The molecule has 33 heavy (non-hydrogen) atoms. The zero-order valence-electron chi connectivity index (χ0n) is 18.9. The van der Waals surface area contributed by atoms with Gasteiger partial charge in [-0.3, -0.25) is 14.2 Å². The van der Waals surface area contributed by atoms with E-state index in [1.165, 1.54) is 11.3 Å². The van der Waals surface area contributed by atoms with Gasteiger partial charge in [0.05, 0.1) is 11.3 Å². The number of pyridine rings is 1. The summed E-state index contributed by atoms with van der Waals surface area (Å²) >= 11 is 1.64. The van der Waals surface area contributed by atoms with Gasteiger partial charge < -0.3 is 5.32 Å². The molecular formula is C26H27N5OS. The van der Waals surface area contributed by atoms with Crippen LogP contribution < -0.4 is 5.32 Å². The van der Waals surface area contributed by atoms with E-state index in [-0.39, 0.29) is 5.91 Å². The lowest BCUT2D eigenvalue weighted by molar-refractivity contribution is 0.0954. The van der Waals surface area contributed by atoms with E-state index in [2.05, 4.69) is 52.1 Å². The Labute approximate surface area is 197 Å². The number of nitrogens with zero attached hydrogens (tertiary/aromatic N) is 4. The third kappa shape index (κ3) is 4.46. The normalized spacial score (nSPS) is 15.7. The highest BCUT2D eigenvalue weighted by atomic mass is 32.1. The zero-order chi connectivity index (χ0) is 22.8. The first-order valence-electron chi connectivity index (χ1n) is 11.4. The predicted octanol–water partition coefficient (Wildman–Crippen LogP) is 5.63. The number of aromatic nitrogens is 3. The number of aliphatic imine (C=N–C) groups is 1. The van der Waals surface area contributed by atoms with Crippen LogP contribution in [-0.2, 0) is 6.42 Å². The first kappa shape index (κ1) is 21.5. The molecule has 1 unspecified atom stereocenters. The fourth-order valence-corrected chi connectivity index (χ4v) is 5.03. The van der Waals surface area contributed by atoms with Crippen molar-refractivity contribution in [2.45, 2.75) is 39.5 Å². The Morgan fingerprint density at radius 1 is 1.21 bits per heavy atom. The summed E-state index contributed by atoms with van der Waals surface area (Å²) in [5.74, 6) is 1.09. The first-order valence-corrected chi connectivity index (χ1v) is 12.4. The lowest BCUT2D eigenvalue weighted by Gasteiger charge is -2.13. The second-order valence-corrected chi connectivity index (χ2v) is 9.41. The number of hydrogen-bond acceptors (Lipinski definition) is 5. The van der Waals surface area contributed by atoms with Crippen molar-refractivity contribution in [3.8, 4) is 11.1 Å². The van der Waals surface area contributed by atoms with Crippen molar-refractivity contribution in [1.29, 1.82) is 0 Å². The Bertz CT molecular complexity index is 1320. The zero-order valence-corrected chi connectivity index (χ0v) is 19.7. The monoisotopic (exact) mass is 457 g/mol. The summed E-state index contributed by atoms with van der Waals surface area (Å²) in [5.41, 5.74) is 6.85. The van der Waals surface area contributed by atoms with Gasteiger partial charge in [0.25, 0.3) is 5.91 Å². The van der Waals surface area contributed by atoms with Crippen molar-refractivity contribution in [1.82, 2.24) is 19.9 Å². The standard InChI is InChI=1S/C26H27N5OS/c1-17-9-10-19-6-3-4-7-24(19)28-23(17)8-5-12-27-26(32)22-14-21(20-11-13-33-16-20)15-31-18(2)29-30-25(22)31/h3-4,6-7,11,13-17H,5,8-10,12H2,1-2H3,(H,27,32). The van der Waals surface area contributed by atoms with Crippen LogP contribution in [0, 0.1) is 12.8 Å². The molecule has 0 spiro atoms. The maximum Gasteiger partial charge on any atom is 0.255 e. The molecule has 7 heteroatoms. The van der Waals surface area contributed by atoms with Gasteiger partial charge in [0.15, 0.2) is 5.65 Å². The van der Waals surface area contributed by atoms with Gasteiger partial charge in [-0.15, -0.1) is 10.2 Å². The molecule has 0 fully saturated rings. The number of para-hydroxylation sites is 1. The second kappa shape index (κ2) is 9.27. The van der Waals surface area contributed by atoms with Gasteiger partial charge in [0.2, 0.25) is 0 Å². The summed E-state index contributed by atoms with van der Waals surface area (Å²) in [6, 6.07) is 12.4. The molecule has 6 nitrogen and oxygen atoms in total. The molecule has 1 aliphatic heterocycles. The second-order valence-electron chi connectivity index (χ2n) is 8.63. The number of hydrogen-bond donors (Lipinski definition) is 1. The Kier molecular flexibility index (Phi) is 6.05. The van der Waals surface area contributed by atoms with Crippen molar-refractivity contribution < 1.29 is 4.79 Å². The first-order chi connectivity index (χ1) is 16.1. The van der Waals surface area contributed by atoms with Gasteiger partial charge in [-0.05, 0) is 78.6 Å². The van der Waals surface area contributed by atoms with Crippen LogP contribution in [0.15, 0.2) is 58.3 Å². The molecule has 0 radical (unpaired) electrons. The van der Waals surface area contributed by atoms with Crippen LogP contribution in [0.2, 0.25) is 0 Å². The molecular weight excluding hydrogens is 430 g/mol.